The van der Waals surface area contributed by atoms with Crippen LogP contribution in [-0.2, 0) is 20.0 Å². The number of halogens is 1. The van der Waals surface area contributed by atoms with Crippen molar-refractivity contribution in [2.75, 3.05) is 19.6 Å². The molecule has 1 aromatic rings. The molecule has 0 aromatic heterocycles. The van der Waals surface area contributed by atoms with Gasteiger partial charge in [-0.1, -0.05) is 6.07 Å². The first kappa shape index (κ1) is 21.3. The molecule has 0 saturated carbocycles. The summed E-state index contributed by atoms with van der Waals surface area (Å²) in [6, 6.07) is 5.42. The molecular weight excluding hydrogens is 374 g/mol. The van der Waals surface area contributed by atoms with Crippen LogP contribution in [0.5, 0.6) is 0 Å². The van der Waals surface area contributed by atoms with Crippen LogP contribution in [0.4, 0.5) is 0 Å². The molecule has 7 nitrogen and oxygen atoms in total. The Bertz CT molecular complexity index is 767. The maximum absolute atomic E-state index is 12.5. The molecule has 0 radical (unpaired) electrons. The Labute approximate surface area is 150 Å². The summed E-state index contributed by atoms with van der Waals surface area (Å²) in [7, 11) is -7.46. The highest BCUT2D eigenvalue weighted by Crippen LogP contribution is 2.23. The van der Waals surface area contributed by atoms with Crippen LogP contribution < -0.4 is 10.5 Å². The lowest BCUT2D eigenvalue weighted by Crippen LogP contribution is -2.45. The molecule has 1 aromatic carbocycles. The van der Waals surface area contributed by atoms with Crippen LogP contribution in [0.1, 0.15) is 26.7 Å². The van der Waals surface area contributed by atoms with Crippen LogP contribution >= 0.6 is 12.4 Å². The van der Waals surface area contributed by atoms with E-state index < -0.39 is 25.6 Å². The van der Waals surface area contributed by atoms with Crippen LogP contribution in [0.25, 0.3) is 0 Å². The molecule has 0 aliphatic carbocycles. The smallest absolute Gasteiger partial charge is 0.243 e. The van der Waals surface area contributed by atoms with Gasteiger partial charge in [-0.05, 0) is 44.9 Å². The highest BCUT2D eigenvalue weighted by molar-refractivity contribution is 7.90. The zero-order valence-electron chi connectivity index (χ0n) is 13.7. The normalized spacial score (nSPS) is 16.8. The van der Waals surface area contributed by atoms with Crippen molar-refractivity contribution in [2.24, 2.45) is 5.73 Å². The molecule has 1 aliphatic rings. The maximum atomic E-state index is 12.5. The van der Waals surface area contributed by atoms with Gasteiger partial charge in [0.05, 0.1) is 9.79 Å². The Morgan fingerprint density at radius 1 is 1.12 bits per heavy atom. The van der Waals surface area contributed by atoms with E-state index in [0.717, 1.165) is 12.8 Å². The predicted octanol–water partition coefficient (Wildman–Crippen LogP) is 0.908. The third kappa shape index (κ3) is 5.14. The van der Waals surface area contributed by atoms with Gasteiger partial charge in [-0.3, -0.25) is 0 Å². The fraction of sp³-hybridized carbons (Fsp3) is 0.571. The second kappa shape index (κ2) is 7.67. The van der Waals surface area contributed by atoms with Crippen LogP contribution in [-0.4, -0.2) is 46.3 Å². The summed E-state index contributed by atoms with van der Waals surface area (Å²) in [5.41, 5.74) is 5.07. The highest BCUT2D eigenvalue weighted by Gasteiger charge is 2.28. The van der Waals surface area contributed by atoms with Gasteiger partial charge in [-0.15, -0.1) is 12.4 Å². The number of rotatable bonds is 6. The molecule has 1 fully saturated rings. The molecule has 3 N–H and O–H groups in total. The standard InChI is InChI=1S/C14H23N3O4S2.ClH/c1-14(2,15)11-16-22(18,19)12-6-5-7-13(10-12)23(20,21)17-8-3-4-9-17;/h5-7,10,16H,3-4,8-9,11,15H2,1-2H3;1H. The largest absolute Gasteiger partial charge is 0.324 e. The Hall–Kier alpha value is -0.710. The molecule has 138 valence electrons. The lowest BCUT2D eigenvalue weighted by Gasteiger charge is -2.19. The van der Waals surface area contributed by atoms with Gasteiger partial charge in [-0.2, -0.15) is 4.31 Å². The van der Waals surface area contributed by atoms with Gasteiger partial charge in [0.25, 0.3) is 0 Å². The minimum atomic E-state index is -3.81. The second-order valence-electron chi connectivity index (χ2n) is 6.40. The summed E-state index contributed by atoms with van der Waals surface area (Å²) >= 11 is 0. The lowest BCUT2D eigenvalue weighted by atomic mass is 10.1. The van der Waals surface area contributed by atoms with E-state index in [1.54, 1.807) is 13.8 Å². The van der Waals surface area contributed by atoms with E-state index >= 15 is 0 Å². The van der Waals surface area contributed by atoms with Crippen LogP contribution in [0.2, 0.25) is 0 Å². The molecule has 0 bridgehead atoms. The van der Waals surface area contributed by atoms with E-state index in [2.05, 4.69) is 4.72 Å². The zero-order valence-corrected chi connectivity index (χ0v) is 16.2. The summed E-state index contributed by atoms with van der Waals surface area (Å²) < 4.78 is 53.4. The molecule has 0 spiro atoms. The van der Waals surface area contributed by atoms with Gasteiger partial charge in [0.2, 0.25) is 20.0 Å². The number of nitrogens with zero attached hydrogens (tertiary/aromatic N) is 1. The maximum Gasteiger partial charge on any atom is 0.243 e. The van der Waals surface area contributed by atoms with Crippen molar-refractivity contribution < 1.29 is 16.8 Å². The molecule has 1 aliphatic heterocycles. The van der Waals surface area contributed by atoms with Gasteiger partial charge < -0.3 is 5.73 Å². The monoisotopic (exact) mass is 397 g/mol. The van der Waals surface area contributed by atoms with Crippen molar-refractivity contribution in [3.63, 3.8) is 0 Å². The zero-order chi connectivity index (χ0) is 17.3. The Balaban J connectivity index is 0.00000288. The van der Waals surface area contributed by atoms with Gasteiger partial charge in [-0.25, -0.2) is 21.6 Å². The molecule has 1 saturated heterocycles. The fourth-order valence-electron chi connectivity index (χ4n) is 2.24. The predicted molar refractivity (Wildman–Crippen MR) is 95.1 cm³/mol. The molecule has 10 heteroatoms. The van der Waals surface area contributed by atoms with Gasteiger partial charge >= 0.3 is 0 Å². The van der Waals surface area contributed by atoms with Crippen LogP contribution in [0.15, 0.2) is 34.1 Å². The lowest BCUT2D eigenvalue weighted by molar-refractivity contribution is 0.477. The first-order chi connectivity index (χ1) is 10.5. The minimum Gasteiger partial charge on any atom is -0.324 e. The Morgan fingerprint density at radius 2 is 1.67 bits per heavy atom. The molecule has 0 atom stereocenters. The van der Waals surface area contributed by atoms with Crippen molar-refractivity contribution >= 4 is 32.5 Å². The number of benzene rings is 1. The van der Waals surface area contributed by atoms with E-state index in [-0.39, 0.29) is 28.7 Å². The minimum absolute atomic E-state index is 0. The second-order valence-corrected chi connectivity index (χ2v) is 10.1. The van der Waals surface area contributed by atoms with Gasteiger partial charge in [0, 0.05) is 25.2 Å². The van der Waals surface area contributed by atoms with Crippen molar-refractivity contribution in [1.29, 1.82) is 0 Å². The summed E-state index contributed by atoms with van der Waals surface area (Å²) in [5.74, 6) is 0. The van der Waals surface area contributed by atoms with E-state index in [9.17, 15) is 16.8 Å². The van der Waals surface area contributed by atoms with E-state index in [0.29, 0.717) is 13.1 Å². The molecule has 2 rings (SSSR count). The summed E-state index contributed by atoms with van der Waals surface area (Å²) in [4.78, 5) is -0.0868. The van der Waals surface area contributed by atoms with Crippen molar-refractivity contribution in [3.05, 3.63) is 24.3 Å². The Morgan fingerprint density at radius 3 is 2.21 bits per heavy atom. The SMILES string of the molecule is CC(C)(N)CNS(=O)(=O)c1cccc(S(=O)(=O)N2CCCC2)c1.Cl. The summed E-state index contributed by atoms with van der Waals surface area (Å²) in [6.45, 7) is 4.39. The highest BCUT2D eigenvalue weighted by atomic mass is 35.5. The average Bonchev–Trinajstić information content (AvgIpc) is 3.00. The van der Waals surface area contributed by atoms with E-state index in [4.69, 9.17) is 5.73 Å². The molecular formula is C14H24ClN3O4S2. The van der Waals surface area contributed by atoms with Gasteiger partial charge in [0.1, 0.15) is 0 Å². The molecule has 0 amide bonds. The van der Waals surface area contributed by atoms with Gasteiger partial charge in [0.15, 0.2) is 0 Å². The number of hydrogen-bond acceptors (Lipinski definition) is 5. The number of nitrogens with one attached hydrogen (secondary N) is 1. The van der Waals surface area contributed by atoms with Crippen LogP contribution in [0.3, 0.4) is 0 Å². The van der Waals surface area contributed by atoms with Crippen LogP contribution in [0, 0.1) is 0 Å². The number of sulfonamides is 2. The molecule has 0 unspecified atom stereocenters. The van der Waals surface area contributed by atoms with Crippen molar-refractivity contribution in [2.45, 2.75) is 42.0 Å². The van der Waals surface area contributed by atoms with E-state index in [1.165, 1.54) is 28.6 Å². The van der Waals surface area contributed by atoms with Crippen molar-refractivity contribution in [3.8, 4) is 0 Å². The molecule has 1 heterocycles. The fourth-order valence-corrected chi connectivity index (χ4v) is 5.15. The number of nitrogens with two attached hydrogens (primary N) is 1. The molecule has 24 heavy (non-hydrogen) atoms. The average molecular weight is 398 g/mol. The van der Waals surface area contributed by atoms with E-state index in [1.807, 2.05) is 0 Å². The summed E-state index contributed by atoms with van der Waals surface area (Å²) in [6.07, 6.45) is 1.65. The Kier molecular flexibility index (Phi) is 6.82. The quantitative estimate of drug-likeness (QED) is 0.741. The topological polar surface area (TPSA) is 110 Å². The number of hydrogen-bond donors (Lipinski definition) is 2. The first-order valence-electron chi connectivity index (χ1n) is 7.41. The van der Waals surface area contributed by atoms with Crippen molar-refractivity contribution in [1.82, 2.24) is 9.03 Å². The summed E-state index contributed by atoms with van der Waals surface area (Å²) in [5, 5.41) is 0. The third-order valence-corrected chi connectivity index (χ3v) is 6.83. The third-order valence-electron chi connectivity index (χ3n) is 3.54. The first-order valence-corrected chi connectivity index (χ1v) is 10.3.